The van der Waals surface area contributed by atoms with Crippen molar-refractivity contribution in [2.45, 2.75) is 26.3 Å². The summed E-state index contributed by atoms with van der Waals surface area (Å²) in [4.78, 5) is 36.7. The van der Waals surface area contributed by atoms with Gasteiger partial charge in [-0.2, -0.15) is 0 Å². The highest BCUT2D eigenvalue weighted by Gasteiger charge is 2.23. The van der Waals surface area contributed by atoms with Crippen molar-refractivity contribution in [1.82, 2.24) is 16.0 Å². The molecular weight excluding hydrogens is 354 g/mol. The van der Waals surface area contributed by atoms with Crippen LogP contribution in [0.3, 0.4) is 0 Å². The highest BCUT2D eigenvalue weighted by molar-refractivity contribution is 5.94. The number of benzene rings is 2. The molecule has 2 rings (SSSR count). The SMILES string of the molecule is CC(C)C(NC(=O)Cc1ccccc1)C(=O)NCCNC(=O)c1ccccc1. The minimum Gasteiger partial charge on any atom is -0.353 e. The lowest BCUT2D eigenvalue weighted by Crippen LogP contribution is -2.51. The van der Waals surface area contributed by atoms with Gasteiger partial charge in [-0.15, -0.1) is 0 Å². The van der Waals surface area contributed by atoms with Crippen molar-refractivity contribution in [3.8, 4) is 0 Å². The van der Waals surface area contributed by atoms with Gasteiger partial charge in [0.15, 0.2) is 0 Å². The van der Waals surface area contributed by atoms with Crippen LogP contribution in [0.2, 0.25) is 0 Å². The molecule has 0 fully saturated rings. The molecule has 148 valence electrons. The van der Waals surface area contributed by atoms with Crippen molar-refractivity contribution in [2.75, 3.05) is 13.1 Å². The Morgan fingerprint density at radius 1 is 0.821 bits per heavy atom. The molecule has 0 radical (unpaired) electrons. The molecule has 6 nitrogen and oxygen atoms in total. The second-order valence-electron chi connectivity index (χ2n) is 6.86. The zero-order valence-electron chi connectivity index (χ0n) is 16.3. The number of rotatable bonds is 9. The summed E-state index contributed by atoms with van der Waals surface area (Å²) in [6.45, 7) is 4.35. The molecule has 0 aromatic heterocycles. The van der Waals surface area contributed by atoms with Gasteiger partial charge in [0.25, 0.3) is 5.91 Å². The first-order valence-electron chi connectivity index (χ1n) is 9.41. The molecular formula is C22H27N3O3. The van der Waals surface area contributed by atoms with Gasteiger partial charge in [-0.1, -0.05) is 62.4 Å². The van der Waals surface area contributed by atoms with E-state index in [-0.39, 0.29) is 36.6 Å². The van der Waals surface area contributed by atoms with E-state index >= 15 is 0 Å². The third-order valence-electron chi connectivity index (χ3n) is 4.22. The van der Waals surface area contributed by atoms with Gasteiger partial charge >= 0.3 is 0 Å². The second kappa shape index (κ2) is 10.9. The Hall–Kier alpha value is -3.15. The average molecular weight is 381 g/mol. The fourth-order valence-electron chi connectivity index (χ4n) is 2.70. The molecule has 0 aliphatic heterocycles. The second-order valence-corrected chi connectivity index (χ2v) is 6.86. The molecule has 1 unspecified atom stereocenters. The number of nitrogens with one attached hydrogen (secondary N) is 3. The number of carbonyl (C=O) groups excluding carboxylic acids is 3. The maximum atomic E-state index is 12.4. The van der Waals surface area contributed by atoms with E-state index in [4.69, 9.17) is 0 Å². The van der Waals surface area contributed by atoms with E-state index in [9.17, 15) is 14.4 Å². The number of hydrogen-bond acceptors (Lipinski definition) is 3. The molecule has 6 heteroatoms. The molecule has 0 saturated heterocycles. The Balaban J connectivity index is 1.77. The predicted molar refractivity (Wildman–Crippen MR) is 109 cm³/mol. The standard InChI is InChI=1S/C22H27N3O3/c1-16(2)20(25-19(26)15-17-9-5-3-6-10-17)22(28)24-14-13-23-21(27)18-11-7-4-8-12-18/h3-12,16,20H,13-15H2,1-2H3,(H,23,27)(H,24,28)(H,25,26). The summed E-state index contributed by atoms with van der Waals surface area (Å²) in [5, 5.41) is 8.33. The molecule has 0 saturated carbocycles. The van der Waals surface area contributed by atoms with E-state index in [0.29, 0.717) is 12.1 Å². The first-order valence-corrected chi connectivity index (χ1v) is 9.41. The first kappa shape index (κ1) is 21.2. The minimum absolute atomic E-state index is 0.0568. The van der Waals surface area contributed by atoms with Crippen LogP contribution < -0.4 is 16.0 Å². The molecule has 0 aliphatic carbocycles. The molecule has 2 aromatic rings. The van der Waals surface area contributed by atoms with Crippen molar-refractivity contribution in [3.05, 3.63) is 71.8 Å². The molecule has 3 N–H and O–H groups in total. The molecule has 1 atom stereocenters. The summed E-state index contributed by atoms with van der Waals surface area (Å²) < 4.78 is 0. The molecule has 0 heterocycles. The monoisotopic (exact) mass is 381 g/mol. The quantitative estimate of drug-likeness (QED) is 0.580. The van der Waals surface area contributed by atoms with E-state index in [2.05, 4.69) is 16.0 Å². The fraction of sp³-hybridized carbons (Fsp3) is 0.318. The summed E-state index contributed by atoms with van der Waals surface area (Å²) in [7, 11) is 0. The summed E-state index contributed by atoms with van der Waals surface area (Å²) in [6, 6.07) is 17.6. The predicted octanol–water partition coefficient (Wildman–Crippen LogP) is 1.92. The topological polar surface area (TPSA) is 87.3 Å². The minimum atomic E-state index is -0.624. The van der Waals surface area contributed by atoms with Gasteiger partial charge in [0, 0.05) is 18.7 Å². The Morgan fingerprint density at radius 3 is 2.00 bits per heavy atom. The highest BCUT2D eigenvalue weighted by Crippen LogP contribution is 2.04. The summed E-state index contributed by atoms with van der Waals surface area (Å²) in [6.07, 6.45) is 0.227. The molecule has 28 heavy (non-hydrogen) atoms. The van der Waals surface area contributed by atoms with Crippen LogP contribution >= 0.6 is 0 Å². The normalized spacial score (nSPS) is 11.5. The van der Waals surface area contributed by atoms with Gasteiger partial charge in [-0.3, -0.25) is 14.4 Å². The number of hydrogen-bond donors (Lipinski definition) is 3. The van der Waals surface area contributed by atoms with Crippen molar-refractivity contribution >= 4 is 17.7 Å². The van der Waals surface area contributed by atoms with Crippen molar-refractivity contribution in [3.63, 3.8) is 0 Å². The molecule has 0 bridgehead atoms. The summed E-state index contributed by atoms with van der Waals surface area (Å²) in [5.74, 6) is -0.701. The van der Waals surface area contributed by atoms with E-state index in [1.165, 1.54) is 0 Å². The molecule has 3 amide bonds. The summed E-state index contributed by atoms with van der Waals surface area (Å²) in [5.41, 5.74) is 1.47. The van der Waals surface area contributed by atoms with E-state index in [1.54, 1.807) is 24.3 Å². The van der Waals surface area contributed by atoms with Gasteiger partial charge < -0.3 is 16.0 Å². The fourth-order valence-corrected chi connectivity index (χ4v) is 2.70. The van der Waals surface area contributed by atoms with Crippen LogP contribution in [0.1, 0.15) is 29.8 Å². The lowest BCUT2D eigenvalue weighted by Gasteiger charge is -2.22. The van der Waals surface area contributed by atoms with Gasteiger partial charge in [0.1, 0.15) is 6.04 Å². The van der Waals surface area contributed by atoms with Crippen LogP contribution in [0.25, 0.3) is 0 Å². The Labute approximate surface area is 165 Å². The van der Waals surface area contributed by atoms with Crippen molar-refractivity contribution in [2.24, 2.45) is 5.92 Å². The Bertz CT molecular complexity index is 776. The third-order valence-corrected chi connectivity index (χ3v) is 4.22. The van der Waals surface area contributed by atoms with E-state index < -0.39 is 6.04 Å². The maximum Gasteiger partial charge on any atom is 0.251 e. The van der Waals surface area contributed by atoms with Crippen LogP contribution in [0.5, 0.6) is 0 Å². The Kier molecular flexibility index (Phi) is 8.21. The lowest BCUT2D eigenvalue weighted by molar-refractivity contribution is -0.129. The Morgan fingerprint density at radius 2 is 1.39 bits per heavy atom. The van der Waals surface area contributed by atoms with Crippen LogP contribution in [-0.2, 0) is 16.0 Å². The van der Waals surface area contributed by atoms with Gasteiger partial charge in [0.2, 0.25) is 11.8 Å². The van der Waals surface area contributed by atoms with Gasteiger partial charge in [-0.25, -0.2) is 0 Å². The lowest BCUT2D eigenvalue weighted by atomic mass is 10.0. The van der Waals surface area contributed by atoms with Crippen LogP contribution in [-0.4, -0.2) is 36.9 Å². The third kappa shape index (κ3) is 6.87. The number of amides is 3. The highest BCUT2D eigenvalue weighted by atomic mass is 16.2. The number of carbonyl (C=O) groups is 3. The first-order chi connectivity index (χ1) is 13.5. The average Bonchev–Trinajstić information content (AvgIpc) is 2.70. The van der Waals surface area contributed by atoms with Crippen molar-refractivity contribution < 1.29 is 14.4 Å². The van der Waals surface area contributed by atoms with E-state index in [0.717, 1.165) is 5.56 Å². The molecule has 0 spiro atoms. The molecule has 2 aromatic carbocycles. The maximum absolute atomic E-state index is 12.4. The largest absolute Gasteiger partial charge is 0.353 e. The van der Waals surface area contributed by atoms with E-state index in [1.807, 2.05) is 50.2 Å². The summed E-state index contributed by atoms with van der Waals surface area (Å²) >= 11 is 0. The van der Waals surface area contributed by atoms with Gasteiger partial charge in [0.05, 0.1) is 6.42 Å². The van der Waals surface area contributed by atoms with Crippen molar-refractivity contribution in [1.29, 1.82) is 0 Å². The smallest absolute Gasteiger partial charge is 0.251 e. The van der Waals surface area contributed by atoms with Crippen LogP contribution in [0.15, 0.2) is 60.7 Å². The van der Waals surface area contributed by atoms with Crippen LogP contribution in [0.4, 0.5) is 0 Å². The molecule has 0 aliphatic rings. The van der Waals surface area contributed by atoms with Crippen LogP contribution in [0, 0.1) is 5.92 Å². The zero-order valence-corrected chi connectivity index (χ0v) is 16.3. The van der Waals surface area contributed by atoms with Gasteiger partial charge in [-0.05, 0) is 23.6 Å². The zero-order chi connectivity index (χ0) is 20.4.